The molecule has 2 amide bonds. The van der Waals surface area contributed by atoms with E-state index in [1.165, 1.54) is 13.1 Å². The molecular weight excluding hydrogens is 249 g/mol. The lowest BCUT2D eigenvalue weighted by atomic mass is 10.1. The molecule has 0 aromatic heterocycles. The second kappa shape index (κ2) is 3.92. The van der Waals surface area contributed by atoms with Crippen LogP contribution in [-0.4, -0.2) is 23.8 Å². The van der Waals surface area contributed by atoms with Crippen molar-refractivity contribution in [1.29, 1.82) is 0 Å². The molecule has 1 aromatic carbocycles. The number of hydrogen-bond acceptors (Lipinski definition) is 2. The number of hydrogen-bond donors (Lipinski definition) is 0. The van der Waals surface area contributed by atoms with Gasteiger partial charge in [-0.2, -0.15) is 0 Å². The van der Waals surface area contributed by atoms with Crippen molar-refractivity contribution in [1.82, 2.24) is 4.90 Å². The highest BCUT2D eigenvalue weighted by molar-refractivity contribution is 6.42. The normalized spacial score (nSPS) is 15.7. The van der Waals surface area contributed by atoms with E-state index in [0.717, 1.165) is 4.90 Å². The van der Waals surface area contributed by atoms with Crippen LogP contribution >= 0.6 is 23.2 Å². The van der Waals surface area contributed by atoms with Crippen LogP contribution in [0.4, 0.5) is 0 Å². The van der Waals surface area contributed by atoms with E-state index in [4.69, 9.17) is 23.2 Å². The first-order valence-electron chi connectivity index (χ1n) is 4.50. The first-order valence-corrected chi connectivity index (χ1v) is 5.25. The van der Waals surface area contributed by atoms with Gasteiger partial charge in [-0.3, -0.25) is 14.5 Å². The third-order valence-electron chi connectivity index (χ3n) is 2.36. The monoisotopic (exact) mass is 255 g/mol. The van der Waals surface area contributed by atoms with E-state index in [9.17, 15) is 9.59 Å². The fourth-order valence-corrected chi connectivity index (χ4v) is 1.73. The molecule has 2 rings (SSSR count). The molecule has 0 fully saturated rings. The summed E-state index contributed by atoms with van der Waals surface area (Å²) >= 11 is 11.6. The van der Waals surface area contributed by atoms with Crippen LogP contribution in [0, 0.1) is 0 Å². The highest BCUT2D eigenvalue weighted by atomic mass is 35.5. The topological polar surface area (TPSA) is 37.4 Å². The number of halogens is 2. The van der Waals surface area contributed by atoms with E-state index in [0.29, 0.717) is 21.2 Å². The molecule has 0 radical (unpaired) electrons. The number of likely N-dealkylation sites (N-methyl/N-ethyl adjacent to an activating group) is 1. The lowest BCUT2D eigenvalue weighted by Crippen LogP contribution is -2.25. The molecule has 0 spiro atoms. The molecule has 3 nitrogen and oxygen atoms in total. The average molecular weight is 256 g/mol. The number of rotatable bonds is 1. The van der Waals surface area contributed by atoms with E-state index in [2.05, 4.69) is 0 Å². The van der Waals surface area contributed by atoms with E-state index in [-0.39, 0.29) is 11.8 Å². The minimum Gasteiger partial charge on any atom is -0.278 e. The number of imide groups is 1. The highest BCUT2D eigenvalue weighted by Crippen LogP contribution is 2.28. The third-order valence-corrected chi connectivity index (χ3v) is 3.10. The number of amides is 2. The van der Waals surface area contributed by atoms with Gasteiger partial charge in [-0.1, -0.05) is 29.3 Å². The van der Waals surface area contributed by atoms with Crippen molar-refractivity contribution in [2.24, 2.45) is 0 Å². The Morgan fingerprint density at radius 1 is 1.12 bits per heavy atom. The van der Waals surface area contributed by atoms with Crippen LogP contribution in [0.2, 0.25) is 10.0 Å². The van der Waals surface area contributed by atoms with Gasteiger partial charge >= 0.3 is 0 Å². The zero-order valence-corrected chi connectivity index (χ0v) is 9.84. The summed E-state index contributed by atoms with van der Waals surface area (Å²) in [6, 6.07) is 4.82. The fraction of sp³-hybridized carbons (Fsp3) is 0.0909. The standard InChI is InChI=1S/C11H7Cl2NO2/c1-14-10(15)5-7(11(14)16)6-2-3-8(12)9(13)4-6/h2-5H,1H3. The molecule has 0 unspecified atom stereocenters. The predicted octanol–water partition coefficient (Wildman–Crippen LogP) is 2.38. The Labute approximate surface area is 102 Å². The smallest absolute Gasteiger partial charge is 0.261 e. The summed E-state index contributed by atoms with van der Waals surface area (Å²) in [4.78, 5) is 24.0. The molecule has 0 N–H and O–H groups in total. The van der Waals surface area contributed by atoms with Gasteiger partial charge in [0.15, 0.2) is 0 Å². The molecule has 16 heavy (non-hydrogen) atoms. The highest BCUT2D eigenvalue weighted by Gasteiger charge is 2.28. The maximum absolute atomic E-state index is 11.7. The Morgan fingerprint density at radius 2 is 1.81 bits per heavy atom. The molecule has 0 atom stereocenters. The van der Waals surface area contributed by atoms with Crippen LogP contribution in [0.3, 0.4) is 0 Å². The van der Waals surface area contributed by atoms with E-state index in [1.807, 2.05) is 0 Å². The van der Waals surface area contributed by atoms with Crippen molar-refractivity contribution in [3.63, 3.8) is 0 Å². The van der Waals surface area contributed by atoms with Crippen LogP contribution in [0.15, 0.2) is 24.3 Å². The third kappa shape index (κ3) is 1.72. The first-order chi connectivity index (χ1) is 7.50. The molecule has 1 aliphatic rings. The Balaban J connectivity index is 2.46. The van der Waals surface area contributed by atoms with Crippen LogP contribution in [0.1, 0.15) is 5.56 Å². The molecule has 1 heterocycles. The largest absolute Gasteiger partial charge is 0.278 e. The van der Waals surface area contributed by atoms with Gasteiger partial charge in [0.1, 0.15) is 0 Å². The molecule has 82 valence electrons. The minimum atomic E-state index is -0.330. The molecule has 5 heteroatoms. The minimum absolute atomic E-state index is 0.328. The molecule has 1 aliphatic heterocycles. The Hall–Kier alpha value is -1.32. The maximum atomic E-state index is 11.7. The van der Waals surface area contributed by atoms with Crippen molar-refractivity contribution in [2.45, 2.75) is 0 Å². The molecule has 0 saturated carbocycles. The van der Waals surface area contributed by atoms with Crippen molar-refractivity contribution in [3.8, 4) is 0 Å². The van der Waals surface area contributed by atoms with Crippen molar-refractivity contribution >= 4 is 40.6 Å². The van der Waals surface area contributed by atoms with Crippen molar-refractivity contribution in [3.05, 3.63) is 39.9 Å². The quantitative estimate of drug-likeness (QED) is 0.723. The van der Waals surface area contributed by atoms with Gasteiger partial charge in [0.25, 0.3) is 11.8 Å². The van der Waals surface area contributed by atoms with E-state index < -0.39 is 0 Å². The predicted molar refractivity (Wildman–Crippen MR) is 62.2 cm³/mol. The van der Waals surface area contributed by atoms with Gasteiger partial charge in [0, 0.05) is 13.1 Å². The zero-order chi connectivity index (χ0) is 11.9. The van der Waals surface area contributed by atoms with Gasteiger partial charge in [0.2, 0.25) is 0 Å². The molecule has 0 saturated heterocycles. The van der Waals surface area contributed by atoms with E-state index >= 15 is 0 Å². The summed E-state index contributed by atoms with van der Waals surface area (Å²) in [5.74, 6) is -0.658. The fourth-order valence-electron chi connectivity index (χ4n) is 1.43. The number of carbonyl (C=O) groups excluding carboxylic acids is 2. The Bertz CT molecular complexity index is 523. The Kier molecular flexibility index (Phi) is 2.74. The van der Waals surface area contributed by atoms with Gasteiger partial charge < -0.3 is 0 Å². The summed E-state index contributed by atoms with van der Waals surface area (Å²) < 4.78 is 0. The average Bonchev–Trinajstić information content (AvgIpc) is 2.50. The zero-order valence-electron chi connectivity index (χ0n) is 8.33. The lowest BCUT2D eigenvalue weighted by molar-refractivity contribution is -0.134. The van der Waals surface area contributed by atoms with Crippen LogP contribution < -0.4 is 0 Å². The van der Waals surface area contributed by atoms with Gasteiger partial charge in [0.05, 0.1) is 15.6 Å². The van der Waals surface area contributed by atoms with Gasteiger partial charge in [-0.25, -0.2) is 0 Å². The van der Waals surface area contributed by atoms with Gasteiger partial charge in [-0.15, -0.1) is 0 Å². The SMILES string of the molecule is CN1C(=O)C=C(c2ccc(Cl)c(Cl)c2)C1=O. The summed E-state index contributed by atoms with van der Waals surface area (Å²) in [5, 5.41) is 0.769. The molecule has 0 aliphatic carbocycles. The van der Waals surface area contributed by atoms with Gasteiger partial charge in [-0.05, 0) is 17.7 Å². The van der Waals surface area contributed by atoms with Crippen LogP contribution in [0.5, 0.6) is 0 Å². The maximum Gasteiger partial charge on any atom is 0.261 e. The van der Waals surface area contributed by atoms with Crippen molar-refractivity contribution in [2.75, 3.05) is 7.05 Å². The summed E-state index contributed by atoms with van der Waals surface area (Å²) in [6.45, 7) is 0. The number of benzene rings is 1. The second-order valence-electron chi connectivity index (χ2n) is 3.39. The van der Waals surface area contributed by atoms with Crippen LogP contribution in [-0.2, 0) is 9.59 Å². The molecular formula is C11H7Cl2NO2. The molecule has 1 aromatic rings. The summed E-state index contributed by atoms with van der Waals surface area (Å²) in [7, 11) is 1.44. The molecule has 0 bridgehead atoms. The number of carbonyl (C=O) groups is 2. The lowest BCUT2D eigenvalue weighted by Gasteiger charge is -2.07. The van der Waals surface area contributed by atoms with Crippen LogP contribution in [0.25, 0.3) is 5.57 Å². The summed E-state index contributed by atoms with van der Waals surface area (Å²) in [5.41, 5.74) is 0.933. The Morgan fingerprint density at radius 3 is 2.31 bits per heavy atom. The second-order valence-corrected chi connectivity index (χ2v) is 4.20. The summed E-state index contributed by atoms with van der Waals surface area (Å²) in [6.07, 6.45) is 1.29. The van der Waals surface area contributed by atoms with Crippen molar-refractivity contribution < 1.29 is 9.59 Å². The first kappa shape index (κ1) is 11.2. The number of nitrogens with zero attached hydrogens (tertiary/aromatic N) is 1. The van der Waals surface area contributed by atoms with E-state index in [1.54, 1.807) is 18.2 Å².